The number of anilines is 1. The second kappa shape index (κ2) is 7.60. The molecule has 3 aromatic rings. The van der Waals surface area contributed by atoms with Crippen LogP contribution in [0, 0.1) is 0 Å². The molecule has 2 aromatic carbocycles. The lowest BCUT2D eigenvalue weighted by molar-refractivity contribution is 0.102. The highest BCUT2D eigenvalue weighted by atomic mass is 32.2. The van der Waals surface area contributed by atoms with Gasteiger partial charge in [0.05, 0.1) is 4.58 Å². The van der Waals surface area contributed by atoms with Gasteiger partial charge in [0.25, 0.3) is 11.5 Å². The molecule has 1 aliphatic rings. The molecule has 4 rings (SSSR count). The molecule has 132 valence electrons. The Hall–Kier alpha value is -2.18. The third-order valence-corrected chi connectivity index (χ3v) is 7.26. The lowest BCUT2D eigenvalue weighted by atomic mass is 10.1. The number of hydrogen-bond donors (Lipinski definition) is 2. The van der Waals surface area contributed by atoms with Gasteiger partial charge in [0.1, 0.15) is 5.69 Å². The van der Waals surface area contributed by atoms with Crippen LogP contribution >= 0.6 is 23.5 Å². The number of thioether (sulfide) groups is 2. The fourth-order valence-corrected chi connectivity index (χ4v) is 5.85. The minimum absolute atomic E-state index is 0.253. The van der Waals surface area contributed by atoms with Crippen molar-refractivity contribution < 1.29 is 4.79 Å². The van der Waals surface area contributed by atoms with Crippen molar-refractivity contribution in [3.8, 4) is 0 Å². The van der Waals surface area contributed by atoms with Gasteiger partial charge in [-0.15, -0.1) is 23.5 Å². The summed E-state index contributed by atoms with van der Waals surface area (Å²) >= 11 is 3.89. The number of benzene rings is 2. The van der Waals surface area contributed by atoms with Gasteiger partial charge in [0, 0.05) is 11.1 Å². The normalized spacial score (nSPS) is 15.1. The van der Waals surface area contributed by atoms with E-state index in [1.165, 1.54) is 23.5 Å². The summed E-state index contributed by atoms with van der Waals surface area (Å²) in [6.45, 7) is 0. The van der Waals surface area contributed by atoms with E-state index >= 15 is 0 Å². The SMILES string of the molecule is O=C(Nc1cccc(C2SCCCS2)c1)c1cc2ccccc2c(=O)[nH]1. The minimum Gasteiger partial charge on any atom is -0.321 e. The summed E-state index contributed by atoms with van der Waals surface area (Å²) in [5, 5.41) is 4.24. The molecule has 0 radical (unpaired) electrons. The summed E-state index contributed by atoms with van der Waals surface area (Å²) in [6, 6.07) is 16.9. The average Bonchev–Trinajstić information content (AvgIpc) is 2.69. The van der Waals surface area contributed by atoms with E-state index in [2.05, 4.69) is 16.4 Å². The van der Waals surface area contributed by atoms with Gasteiger partial charge >= 0.3 is 0 Å². The topological polar surface area (TPSA) is 62.0 Å². The Labute approximate surface area is 159 Å². The summed E-state index contributed by atoms with van der Waals surface area (Å²) in [4.78, 5) is 27.5. The average molecular weight is 383 g/mol. The Morgan fingerprint density at radius 1 is 1.04 bits per heavy atom. The number of nitrogens with one attached hydrogen (secondary N) is 2. The largest absolute Gasteiger partial charge is 0.321 e. The summed E-state index contributed by atoms with van der Waals surface area (Å²) in [5.74, 6) is 2.04. The van der Waals surface area contributed by atoms with E-state index in [9.17, 15) is 9.59 Å². The molecule has 26 heavy (non-hydrogen) atoms. The first-order valence-corrected chi connectivity index (χ1v) is 10.6. The third-order valence-electron chi connectivity index (χ3n) is 4.24. The fraction of sp³-hybridized carbons (Fsp3) is 0.200. The quantitative estimate of drug-likeness (QED) is 0.692. The van der Waals surface area contributed by atoms with Crippen molar-refractivity contribution >= 4 is 45.9 Å². The first kappa shape index (κ1) is 17.2. The molecule has 0 bridgehead atoms. The molecule has 1 aliphatic heterocycles. The number of hydrogen-bond acceptors (Lipinski definition) is 4. The Bertz CT molecular complexity index is 1010. The van der Waals surface area contributed by atoms with Gasteiger partial charge in [-0.2, -0.15) is 0 Å². The number of pyridine rings is 1. The smallest absolute Gasteiger partial charge is 0.272 e. The number of fused-ring (bicyclic) bond motifs is 1. The number of rotatable bonds is 3. The van der Waals surface area contributed by atoms with E-state index in [4.69, 9.17) is 0 Å². The zero-order valence-electron chi connectivity index (χ0n) is 14.0. The molecule has 0 aliphatic carbocycles. The number of carbonyl (C=O) groups is 1. The van der Waals surface area contributed by atoms with Crippen molar-refractivity contribution in [2.45, 2.75) is 11.0 Å². The number of aromatic amines is 1. The fourth-order valence-electron chi connectivity index (χ4n) is 2.97. The van der Waals surface area contributed by atoms with Crippen molar-refractivity contribution in [3.05, 3.63) is 76.2 Å². The van der Waals surface area contributed by atoms with Crippen LogP contribution in [-0.4, -0.2) is 22.4 Å². The predicted octanol–water partition coefficient (Wildman–Crippen LogP) is 4.65. The van der Waals surface area contributed by atoms with Gasteiger partial charge in [-0.25, -0.2) is 0 Å². The van der Waals surface area contributed by atoms with Gasteiger partial charge in [-0.1, -0.05) is 30.3 Å². The maximum absolute atomic E-state index is 12.6. The van der Waals surface area contributed by atoms with E-state index < -0.39 is 0 Å². The van der Waals surface area contributed by atoms with Crippen LogP contribution in [0.25, 0.3) is 10.8 Å². The Morgan fingerprint density at radius 2 is 1.85 bits per heavy atom. The molecule has 0 unspecified atom stereocenters. The van der Waals surface area contributed by atoms with E-state index in [-0.39, 0.29) is 17.2 Å². The van der Waals surface area contributed by atoms with Crippen LogP contribution in [0.1, 0.15) is 27.1 Å². The molecule has 1 saturated heterocycles. The van der Waals surface area contributed by atoms with Crippen LogP contribution in [-0.2, 0) is 0 Å². The van der Waals surface area contributed by atoms with Gasteiger partial charge < -0.3 is 10.3 Å². The molecular formula is C20H18N2O2S2. The van der Waals surface area contributed by atoms with Crippen LogP contribution in [0.15, 0.2) is 59.4 Å². The molecule has 1 amide bonds. The predicted molar refractivity (Wildman–Crippen MR) is 111 cm³/mol. The Kier molecular flexibility index (Phi) is 5.04. The second-order valence-corrected chi connectivity index (χ2v) is 8.83. The van der Waals surface area contributed by atoms with Crippen molar-refractivity contribution in [2.24, 2.45) is 0 Å². The molecule has 0 atom stereocenters. The molecule has 0 saturated carbocycles. The van der Waals surface area contributed by atoms with Crippen LogP contribution in [0.3, 0.4) is 0 Å². The lowest BCUT2D eigenvalue weighted by Crippen LogP contribution is -2.19. The monoisotopic (exact) mass is 382 g/mol. The second-order valence-electron chi connectivity index (χ2n) is 6.11. The third kappa shape index (κ3) is 3.66. The van der Waals surface area contributed by atoms with Gasteiger partial charge in [0.2, 0.25) is 0 Å². The molecule has 2 N–H and O–H groups in total. The zero-order chi connectivity index (χ0) is 17.9. The molecule has 4 nitrogen and oxygen atoms in total. The van der Waals surface area contributed by atoms with E-state index in [1.807, 2.05) is 59.9 Å². The highest BCUT2D eigenvalue weighted by Gasteiger charge is 2.17. The van der Waals surface area contributed by atoms with Gasteiger partial charge in [-0.3, -0.25) is 9.59 Å². The highest BCUT2D eigenvalue weighted by Crippen LogP contribution is 2.44. The molecular weight excluding hydrogens is 364 g/mol. The maximum Gasteiger partial charge on any atom is 0.272 e. The number of H-pyrrole nitrogens is 1. The van der Waals surface area contributed by atoms with Crippen LogP contribution in [0.5, 0.6) is 0 Å². The van der Waals surface area contributed by atoms with Crippen molar-refractivity contribution in [1.29, 1.82) is 0 Å². The van der Waals surface area contributed by atoms with E-state index in [0.29, 0.717) is 9.97 Å². The van der Waals surface area contributed by atoms with Crippen molar-refractivity contribution in [1.82, 2.24) is 4.98 Å². The Morgan fingerprint density at radius 3 is 2.69 bits per heavy atom. The van der Waals surface area contributed by atoms with Crippen LogP contribution < -0.4 is 10.9 Å². The summed E-state index contributed by atoms with van der Waals surface area (Å²) in [7, 11) is 0. The summed E-state index contributed by atoms with van der Waals surface area (Å²) in [6.07, 6.45) is 1.25. The first-order valence-electron chi connectivity index (χ1n) is 8.47. The Balaban J connectivity index is 1.57. The lowest BCUT2D eigenvalue weighted by Gasteiger charge is -2.21. The molecule has 1 fully saturated rings. The molecule has 1 aromatic heterocycles. The van der Waals surface area contributed by atoms with Crippen LogP contribution in [0.4, 0.5) is 5.69 Å². The number of carbonyl (C=O) groups excluding carboxylic acids is 1. The minimum atomic E-state index is -0.311. The van der Waals surface area contributed by atoms with E-state index in [0.717, 1.165) is 11.1 Å². The molecule has 0 spiro atoms. The maximum atomic E-state index is 12.6. The molecule has 6 heteroatoms. The van der Waals surface area contributed by atoms with Crippen molar-refractivity contribution in [3.63, 3.8) is 0 Å². The number of aromatic nitrogens is 1. The van der Waals surface area contributed by atoms with Gasteiger partial charge in [-0.05, 0) is 53.1 Å². The molecule has 2 heterocycles. The summed E-state index contributed by atoms with van der Waals surface area (Å²) < 4.78 is 0.418. The highest BCUT2D eigenvalue weighted by molar-refractivity contribution is 8.16. The van der Waals surface area contributed by atoms with Crippen LogP contribution in [0.2, 0.25) is 0 Å². The first-order chi connectivity index (χ1) is 12.7. The van der Waals surface area contributed by atoms with Crippen molar-refractivity contribution in [2.75, 3.05) is 16.8 Å². The zero-order valence-corrected chi connectivity index (χ0v) is 15.7. The van der Waals surface area contributed by atoms with Gasteiger partial charge in [0.15, 0.2) is 0 Å². The number of amides is 1. The summed E-state index contributed by atoms with van der Waals surface area (Å²) in [5.41, 5.74) is 1.97. The van der Waals surface area contributed by atoms with E-state index in [1.54, 1.807) is 12.1 Å². The standard InChI is InChI=1S/C20H18N2O2S2/c23-18-16-8-2-1-5-13(16)12-17(22-18)19(24)21-15-7-3-6-14(11-15)20-25-9-4-10-26-20/h1-3,5-8,11-12,20H,4,9-10H2,(H,21,24)(H,22,23).